The van der Waals surface area contributed by atoms with Crippen molar-refractivity contribution in [2.24, 2.45) is 4.99 Å². The third kappa shape index (κ3) is 2.33. The van der Waals surface area contributed by atoms with E-state index >= 15 is 0 Å². The fourth-order valence-electron chi connectivity index (χ4n) is 1.78. The highest BCUT2D eigenvalue weighted by Crippen LogP contribution is 2.20. The molecule has 5 heteroatoms. The Morgan fingerprint density at radius 3 is 2.60 bits per heavy atom. The average molecular weight is 268 g/mol. The quantitative estimate of drug-likeness (QED) is 0.621. The van der Waals surface area contributed by atoms with E-state index in [1.165, 1.54) is 12.1 Å². The zero-order valence-electron chi connectivity index (χ0n) is 10.3. The van der Waals surface area contributed by atoms with Crippen LogP contribution in [0.2, 0.25) is 0 Å². The Hall–Kier alpha value is -2.82. The predicted molar refractivity (Wildman–Crippen MR) is 71.2 cm³/mol. The summed E-state index contributed by atoms with van der Waals surface area (Å²) in [6.45, 7) is 0. The van der Waals surface area contributed by atoms with Crippen molar-refractivity contribution in [1.82, 2.24) is 4.98 Å². The van der Waals surface area contributed by atoms with E-state index in [0.717, 1.165) is 5.56 Å². The van der Waals surface area contributed by atoms with Gasteiger partial charge in [-0.3, -0.25) is 4.98 Å². The van der Waals surface area contributed by atoms with Gasteiger partial charge in [0.15, 0.2) is 5.70 Å². The molecule has 98 valence electrons. The van der Waals surface area contributed by atoms with Crippen LogP contribution in [-0.2, 0) is 9.53 Å². The van der Waals surface area contributed by atoms with E-state index < -0.39 is 11.8 Å². The maximum absolute atomic E-state index is 13.6. The van der Waals surface area contributed by atoms with Gasteiger partial charge in [-0.1, -0.05) is 12.1 Å². The molecule has 0 saturated carbocycles. The Morgan fingerprint density at radius 2 is 1.85 bits per heavy atom. The van der Waals surface area contributed by atoms with E-state index in [-0.39, 0.29) is 17.2 Å². The molecule has 2 aromatic rings. The van der Waals surface area contributed by atoms with E-state index in [0.29, 0.717) is 0 Å². The normalized spacial score (nSPS) is 16.1. The molecule has 4 nitrogen and oxygen atoms in total. The van der Waals surface area contributed by atoms with Crippen LogP contribution in [0.25, 0.3) is 6.08 Å². The molecule has 0 saturated heterocycles. The lowest BCUT2D eigenvalue weighted by atomic mass is 10.2. The van der Waals surface area contributed by atoms with Gasteiger partial charge < -0.3 is 4.74 Å². The number of halogens is 1. The number of hydrogen-bond acceptors (Lipinski definition) is 4. The molecule has 3 rings (SSSR count). The molecule has 0 atom stereocenters. The van der Waals surface area contributed by atoms with Crippen molar-refractivity contribution in [3.63, 3.8) is 0 Å². The Bertz CT molecular complexity index is 724. The first-order chi connectivity index (χ1) is 9.74. The summed E-state index contributed by atoms with van der Waals surface area (Å²) in [7, 11) is 0. The first-order valence-corrected chi connectivity index (χ1v) is 5.91. The third-order valence-electron chi connectivity index (χ3n) is 2.73. The number of ether oxygens (including phenoxy) is 1. The molecular weight excluding hydrogens is 259 g/mol. The summed E-state index contributed by atoms with van der Waals surface area (Å²) < 4.78 is 18.6. The second-order valence-electron chi connectivity index (χ2n) is 4.10. The minimum atomic E-state index is -0.597. The van der Waals surface area contributed by atoms with Crippen molar-refractivity contribution in [2.45, 2.75) is 0 Å². The molecule has 2 heterocycles. The number of nitrogens with zero attached hydrogens (tertiary/aromatic N) is 2. The Morgan fingerprint density at radius 1 is 1.10 bits per heavy atom. The van der Waals surface area contributed by atoms with Gasteiger partial charge in [0.1, 0.15) is 5.82 Å². The summed E-state index contributed by atoms with van der Waals surface area (Å²) in [6, 6.07) is 9.48. The number of hydrogen-bond donors (Lipinski definition) is 0. The van der Waals surface area contributed by atoms with Crippen LogP contribution in [-0.4, -0.2) is 16.9 Å². The lowest BCUT2D eigenvalue weighted by Crippen LogP contribution is -2.07. The SMILES string of the molecule is O=C1OC(c2ccccc2F)=NC1=Cc1ccncc1. The van der Waals surface area contributed by atoms with Crippen LogP contribution >= 0.6 is 0 Å². The monoisotopic (exact) mass is 268 g/mol. The van der Waals surface area contributed by atoms with Gasteiger partial charge in [-0.05, 0) is 35.9 Å². The number of carbonyl (C=O) groups is 1. The standard InChI is InChI=1S/C15H9FN2O2/c16-12-4-2-1-3-11(12)14-18-13(15(19)20-14)9-10-5-7-17-8-6-10/h1-9H. The summed E-state index contributed by atoms with van der Waals surface area (Å²) in [4.78, 5) is 19.7. The lowest BCUT2D eigenvalue weighted by Gasteiger charge is -1.99. The highest BCUT2D eigenvalue weighted by molar-refractivity contribution is 6.12. The van der Waals surface area contributed by atoms with Gasteiger partial charge in [-0.25, -0.2) is 14.2 Å². The second-order valence-corrected chi connectivity index (χ2v) is 4.10. The number of cyclic esters (lactones) is 1. The fourth-order valence-corrected chi connectivity index (χ4v) is 1.78. The van der Waals surface area contributed by atoms with Crippen molar-refractivity contribution in [3.8, 4) is 0 Å². The smallest absolute Gasteiger partial charge is 0.363 e. The highest BCUT2D eigenvalue weighted by atomic mass is 19.1. The van der Waals surface area contributed by atoms with E-state index in [1.54, 1.807) is 42.7 Å². The lowest BCUT2D eigenvalue weighted by molar-refractivity contribution is -0.129. The number of aromatic nitrogens is 1. The van der Waals surface area contributed by atoms with Crippen LogP contribution in [0.3, 0.4) is 0 Å². The predicted octanol–water partition coefficient (Wildman–Crippen LogP) is 2.57. The zero-order valence-corrected chi connectivity index (χ0v) is 10.3. The molecule has 0 fully saturated rings. The van der Waals surface area contributed by atoms with E-state index in [1.807, 2.05) is 0 Å². The van der Waals surface area contributed by atoms with Gasteiger partial charge in [-0.2, -0.15) is 0 Å². The molecule has 1 aromatic heterocycles. The topological polar surface area (TPSA) is 51.5 Å². The Labute approximate surface area is 114 Å². The van der Waals surface area contributed by atoms with Gasteiger partial charge in [0.05, 0.1) is 5.56 Å². The molecule has 0 aliphatic carbocycles. The molecule has 0 bridgehead atoms. The molecule has 1 aliphatic rings. The summed E-state index contributed by atoms with van der Waals surface area (Å²) >= 11 is 0. The fraction of sp³-hybridized carbons (Fsp3) is 0. The van der Waals surface area contributed by atoms with Gasteiger partial charge >= 0.3 is 5.97 Å². The maximum Gasteiger partial charge on any atom is 0.363 e. The minimum Gasteiger partial charge on any atom is -0.402 e. The van der Waals surface area contributed by atoms with Crippen LogP contribution < -0.4 is 0 Å². The number of esters is 1. The second kappa shape index (κ2) is 5.05. The largest absolute Gasteiger partial charge is 0.402 e. The Balaban J connectivity index is 1.98. The summed E-state index contributed by atoms with van der Waals surface area (Å²) in [5.74, 6) is -1.10. The molecule has 0 unspecified atom stereocenters. The Kier molecular flexibility index (Phi) is 3.09. The number of carbonyl (C=O) groups excluding carboxylic acids is 1. The number of benzene rings is 1. The summed E-state index contributed by atoms with van der Waals surface area (Å²) in [5, 5.41) is 0. The minimum absolute atomic E-state index is 0.0200. The summed E-state index contributed by atoms with van der Waals surface area (Å²) in [5.41, 5.74) is 1.07. The third-order valence-corrected chi connectivity index (χ3v) is 2.73. The van der Waals surface area contributed by atoms with Crippen LogP contribution in [0.4, 0.5) is 4.39 Å². The van der Waals surface area contributed by atoms with E-state index in [2.05, 4.69) is 9.98 Å². The first kappa shape index (κ1) is 12.2. The highest BCUT2D eigenvalue weighted by Gasteiger charge is 2.25. The molecule has 0 spiro atoms. The molecule has 0 radical (unpaired) electrons. The number of pyridine rings is 1. The van der Waals surface area contributed by atoms with Gasteiger partial charge in [0.2, 0.25) is 5.90 Å². The molecule has 1 aliphatic heterocycles. The van der Waals surface area contributed by atoms with Crippen LogP contribution in [0.15, 0.2) is 59.5 Å². The first-order valence-electron chi connectivity index (χ1n) is 5.91. The van der Waals surface area contributed by atoms with Gasteiger partial charge in [0.25, 0.3) is 0 Å². The van der Waals surface area contributed by atoms with Crippen molar-refractivity contribution in [1.29, 1.82) is 0 Å². The van der Waals surface area contributed by atoms with Crippen molar-refractivity contribution in [2.75, 3.05) is 0 Å². The molecule has 0 N–H and O–H groups in total. The van der Waals surface area contributed by atoms with Gasteiger partial charge in [-0.15, -0.1) is 0 Å². The van der Waals surface area contributed by atoms with Crippen molar-refractivity contribution >= 4 is 17.9 Å². The zero-order chi connectivity index (χ0) is 13.9. The average Bonchev–Trinajstić information content (AvgIpc) is 2.81. The number of aliphatic imine (C=N–C) groups is 1. The maximum atomic E-state index is 13.6. The molecule has 20 heavy (non-hydrogen) atoms. The van der Waals surface area contributed by atoms with Gasteiger partial charge in [0, 0.05) is 12.4 Å². The molecule has 1 aromatic carbocycles. The van der Waals surface area contributed by atoms with Crippen LogP contribution in [0.1, 0.15) is 11.1 Å². The van der Waals surface area contributed by atoms with Crippen LogP contribution in [0, 0.1) is 5.82 Å². The van der Waals surface area contributed by atoms with E-state index in [9.17, 15) is 9.18 Å². The van der Waals surface area contributed by atoms with Crippen molar-refractivity contribution < 1.29 is 13.9 Å². The number of rotatable bonds is 2. The molecular formula is C15H9FN2O2. The van der Waals surface area contributed by atoms with Crippen LogP contribution in [0.5, 0.6) is 0 Å². The van der Waals surface area contributed by atoms with E-state index in [4.69, 9.17) is 4.74 Å². The molecule has 0 amide bonds. The van der Waals surface area contributed by atoms with Crippen molar-refractivity contribution in [3.05, 3.63) is 71.4 Å². The summed E-state index contributed by atoms with van der Waals surface area (Å²) in [6.07, 6.45) is 4.78.